The van der Waals surface area contributed by atoms with E-state index in [0.29, 0.717) is 6.61 Å². The molecule has 1 rings (SSSR count). The molecule has 16 heavy (non-hydrogen) atoms. The Morgan fingerprint density at radius 2 is 1.81 bits per heavy atom. The fraction of sp³-hybridized carbons (Fsp3) is 1.00. The van der Waals surface area contributed by atoms with Gasteiger partial charge in [-0.2, -0.15) is 0 Å². The minimum absolute atomic E-state index is 0.353. The molecule has 1 aliphatic heterocycles. The molecule has 1 fully saturated rings. The zero-order valence-corrected chi connectivity index (χ0v) is 10.7. The molecule has 0 radical (unpaired) electrons. The molecule has 0 aliphatic carbocycles. The molecule has 0 aromatic rings. The number of unbranched alkanes of at least 4 members (excludes halogenated alkanes) is 3. The van der Waals surface area contributed by atoms with Crippen molar-refractivity contribution in [3.63, 3.8) is 0 Å². The highest BCUT2D eigenvalue weighted by Gasteiger charge is 2.18. The smallest absolute Gasteiger partial charge is 0.0431 e. The molecular weight excluding hydrogens is 200 g/mol. The predicted molar refractivity (Wildman–Crippen MR) is 68.7 cm³/mol. The van der Waals surface area contributed by atoms with Crippen LogP contribution in [0.15, 0.2) is 0 Å². The first-order valence-corrected chi connectivity index (χ1v) is 6.94. The van der Waals surface area contributed by atoms with Gasteiger partial charge in [-0.1, -0.05) is 19.8 Å². The minimum atomic E-state index is 0.353. The molecule has 0 spiro atoms. The van der Waals surface area contributed by atoms with E-state index < -0.39 is 0 Å². The molecule has 96 valence electrons. The van der Waals surface area contributed by atoms with Crippen molar-refractivity contribution in [2.24, 2.45) is 0 Å². The van der Waals surface area contributed by atoms with Crippen LogP contribution in [0.3, 0.4) is 0 Å². The van der Waals surface area contributed by atoms with Gasteiger partial charge >= 0.3 is 0 Å². The Bertz CT molecular complexity index is 158. The van der Waals surface area contributed by atoms with Gasteiger partial charge < -0.3 is 15.3 Å². The lowest BCUT2D eigenvalue weighted by atomic mass is 10.0. The summed E-state index contributed by atoms with van der Waals surface area (Å²) in [6, 6.07) is 0.809. The molecule has 0 bridgehead atoms. The predicted octanol–water partition coefficient (Wildman–Crippen LogP) is 1.61. The Morgan fingerprint density at radius 1 is 1.12 bits per heavy atom. The first kappa shape index (κ1) is 13.9. The van der Waals surface area contributed by atoms with Crippen molar-refractivity contribution < 1.29 is 5.11 Å². The average Bonchev–Trinajstić information content (AvgIpc) is 2.35. The van der Waals surface area contributed by atoms with Gasteiger partial charge in [0.05, 0.1) is 0 Å². The van der Waals surface area contributed by atoms with Crippen molar-refractivity contribution in [3.8, 4) is 0 Å². The van der Waals surface area contributed by atoms with Crippen molar-refractivity contribution in [2.45, 2.75) is 51.5 Å². The molecule has 0 unspecified atom stereocenters. The van der Waals surface area contributed by atoms with Crippen LogP contribution in [-0.2, 0) is 0 Å². The molecule has 3 nitrogen and oxygen atoms in total. The Balaban J connectivity index is 2.10. The van der Waals surface area contributed by atoms with E-state index in [-0.39, 0.29) is 0 Å². The van der Waals surface area contributed by atoms with Crippen LogP contribution in [-0.4, -0.2) is 48.8 Å². The van der Waals surface area contributed by atoms with Crippen LogP contribution in [0.25, 0.3) is 0 Å². The van der Waals surface area contributed by atoms with E-state index in [9.17, 15) is 0 Å². The Morgan fingerprint density at radius 3 is 2.44 bits per heavy atom. The molecule has 2 N–H and O–H groups in total. The summed E-state index contributed by atoms with van der Waals surface area (Å²) in [5.41, 5.74) is 0. The van der Waals surface area contributed by atoms with Crippen LogP contribution in [0.1, 0.15) is 45.4 Å². The molecular formula is C13H28N2O. The average molecular weight is 228 g/mol. The summed E-state index contributed by atoms with van der Waals surface area (Å²) in [4.78, 5) is 2.64. The van der Waals surface area contributed by atoms with Gasteiger partial charge in [0.25, 0.3) is 0 Å². The molecule has 0 aromatic carbocycles. The molecule has 0 amide bonds. The van der Waals surface area contributed by atoms with Gasteiger partial charge in [-0.15, -0.1) is 0 Å². The largest absolute Gasteiger partial charge is 0.396 e. The third-order valence-corrected chi connectivity index (χ3v) is 3.58. The summed E-state index contributed by atoms with van der Waals surface area (Å²) in [5, 5.41) is 12.1. The maximum Gasteiger partial charge on any atom is 0.0431 e. The van der Waals surface area contributed by atoms with E-state index in [1.54, 1.807) is 0 Å². The number of hydrogen-bond acceptors (Lipinski definition) is 3. The number of aliphatic hydroxyl groups is 1. The lowest BCUT2D eigenvalue weighted by Crippen LogP contribution is -2.43. The third kappa shape index (κ3) is 5.28. The second-order valence-corrected chi connectivity index (χ2v) is 4.75. The molecule has 1 aliphatic rings. The molecule has 0 atom stereocenters. The molecule has 0 aromatic heterocycles. The van der Waals surface area contributed by atoms with E-state index in [1.165, 1.54) is 58.3 Å². The van der Waals surface area contributed by atoms with Gasteiger partial charge in [-0.05, 0) is 51.9 Å². The van der Waals surface area contributed by atoms with Crippen molar-refractivity contribution >= 4 is 0 Å². The fourth-order valence-electron chi connectivity index (χ4n) is 2.55. The SMILES string of the molecule is CCN(CCCCCCO)C1CCNCC1. The van der Waals surface area contributed by atoms with Gasteiger partial charge in [0.2, 0.25) is 0 Å². The summed E-state index contributed by atoms with van der Waals surface area (Å²) >= 11 is 0. The van der Waals surface area contributed by atoms with Gasteiger partial charge in [-0.3, -0.25) is 0 Å². The molecule has 1 saturated heterocycles. The maximum atomic E-state index is 8.71. The summed E-state index contributed by atoms with van der Waals surface area (Å²) in [6.45, 7) is 7.43. The number of hydrogen-bond donors (Lipinski definition) is 2. The normalized spacial score (nSPS) is 18.2. The third-order valence-electron chi connectivity index (χ3n) is 3.58. The lowest BCUT2D eigenvalue weighted by molar-refractivity contribution is 0.166. The van der Waals surface area contributed by atoms with E-state index >= 15 is 0 Å². The summed E-state index contributed by atoms with van der Waals surface area (Å²) < 4.78 is 0. The summed E-state index contributed by atoms with van der Waals surface area (Å²) in [5.74, 6) is 0. The van der Waals surface area contributed by atoms with Crippen molar-refractivity contribution in [1.29, 1.82) is 0 Å². The highest BCUT2D eigenvalue weighted by molar-refractivity contribution is 4.77. The van der Waals surface area contributed by atoms with E-state index in [1.807, 2.05) is 0 Å². The number of rotatable bonds is 8. The first-order chi connectivity index (χ1) is 7.88. The number of aliphatic hydroxyl groups excluding tert-OH is 1. The van der Waals surface area contributed by atoms with E-state index in [0.717, 1.165) is 12.5 Å². The lowest BCUT2D eigenvalue weighted by Gasteiger charge is -2.33. The maximum absolute atomic E-state index is 8.71. The van der Waals surface area contributed by atoms with Gasteiger partial charge in [0.1, 0.15) is 0 Å². The topological polar surface area (TPSA) is 35.5 Å². The highest BCUT2D eigenvalue weighted by atomic mass is 16.2. The summed E-state index contributed by atoms with van der Waals surface area (Å²) in [6.07, 6.45) is 7.33. The standard InChI is InChI=1S/C13H28N2O/c1-2-15(11-5-3-4-6-12-16)13-7-9-14-10-8-13/h13-14,16H,2-12H2,1H3. The Labute approximate surface area is 100 Å². The van der Waals surface area contributed by atoms with Crippen LogP contribution >= 0.6 is 0 Å². The second kappa shape index (κ2) is 8.97. The fourth-order valence-corrected chi connectivity index (χ4v) is 2.55. The van der Waals surface area contributed by atoms with E-state index in [4.69, 9.17) is 5.11 Å². The van der Waals surface area contributed by atoms with Gasteiger partial charge in [0.15, 0.2) is 0 Å². The zero-order chi connectivity index (χ0) is 11.6. The Kier molecular flexibility index (Phi) is 7.81. The van der Waals surface area contributed by atoms with Crippen LogP contribution in [0.4, 0.5) is 0 Å². The summed E-state index contributed by atoms with van der Waals surface area (Å²) in [7, 11) is 0. The van der Waals surface area contributed by atoms with Gasteiger partial charge in [-0.25, -0.2) is 0 Å². The number of nitrogens with one attached hydrogen (secondary N) is 1. The molecule has 1 heterocycles. The zero-order valence-electron chi connectivity index (χ0n) is 10.7. The van der Waals surface area contributed by atoms with Crippen LogP contribution in [0, 0.1) is 0 Å². The minimum Gasteiger partial charge on any atom is -0.396 e. The van der Waals surface area contributed by atoms with Crippen molar-refractivity contribution in [2.75, 3.05) is 32.8 Å². The monoisotopic (exact) mass is 228 g/mol. The van der Waals surface area contributed by atoms with Crippen LogP contribution in [0.2, 0.25) is 0 Å². The van der Waals surface area contributed by atoms with Crippen molar-refractivity contribution in [3.05, 3.63) is 0 Å². The molecule has 3 heteroatoms. The molecule has 0 saturated carbocycles. The second-order valence-electron chi connectivity index (χ2n) is 4.75. The van der Waals surface area contributed by atoms with Crippen molar-refractivity contribution in [1.82, 2.24) is 10.2 Å². The first-order valence-electron chi connectivity index (χ1n) is 6.94. The van der Waals surface area contributed by atoms with E-state index in [2.05, 4.69) is 17.1 Å². The Hall–Kier alpha value is -0.120. The van der Waals surface area contributed by atoms with Gasteiger partial charge in [0, 0.05) is 12.6 Å². The highest BCUT2D eigenvalue weighted by Crippen LogP contribution is 2.13. The van der Waals surface area contributed by atoms with Crippen LogP contribution < -0.4 is 5.32 Å². The number of nitrogens with zero attached hydrogens (tertiary/aromatic N) is 1. The quantitative estimate of drug-likeness (QED) is 0.620. The van der Waals surface area contributed by atoms with Crippen LogP contribution in [0.5, 0.6) is 0 Å². The number of piperidine rings is 1.